The molecule has 1 aromatic rings. The van der Waals surface area contributed by atoms with Crippen molar-refractivity contribution in [2.24, 2.45) is 0 Å². The van der Waals surface area contributed by atoms with E-state index in [0.29, 0.717) is 16.6 Å². The first-order valence-corrected chi connectivity index (χ1v) is 7.59. The highest BCUT2D eigenvalue weighted by atomic mass is 79.9. The molecule has 4 nitrogen and oxygen atoms in total. The molecule has 0 radical (unpaired) electrons. The van der Waals surface area contributed by atoms with Crippen LogP contribution in [0.5, 0.6) is 5.75 Å². The Morgan fingerprint density at radius 2 is 2.05 bits per heavy atom. The summed E-state index contributed by atoms with van der Waals surface area (Å²) in [5.41, 5.74) is 0.138. The van der Waals surface area contributed by atoms with Crippen LogP contribution in [0.25, 0.3) is 6.08 Å². The third-order valence-electron chi connectivity index (χ3n) is 2.12. The van der Waals surface area contributed by atoms with E-state index in [9.17, 15) is 9.90 Å². The van der Waals surface area contributed by atoms with Crippen LogP contribution >= 0.6 is 31.9 Å². The molecule has 0 fully saturated rings. The lowest BCUT2D eigenvalue weighted by Gasteiger charge is -2.19. The molecular formula is C14H17Br2NO3. The fourth-order valence-electron chi connectivity index (χ4n) is 1.36. The van der Waals surface area contributed by atoms with Crippen molar-refractivity contribution in [1.29, 1.82) is 0 Å². The lowest BCUT2D eigenvalue weighted by Crippen LogP contribution is -2.32. The average molecular weight is 407 g/mol. The van der Waals surface area contributed by atoms with E-state index in [2.05, 4.69) is 37.2 Å². The molecule has 1 aromatic carbocycles. The summed E-state index contributed by atoms with van der Waals surface area (Å²) in [5.74, 6) is 0.154. The van der Waals surface area contributed by atoms with Gasteiger partial charge in [0.25, 0.3) is 0 Å². The number of rotatable bonds is 3. The van der Waals surface area contributed by atoms with Crippen LogP contribution in [0.2, 0.25) is 0 Å². The normalized spacial score (nSPS) is 11.7. The average Bonchev–Trinajstić information content (AvgIpc) is 2.28. The van der Waals surface area contributed by atoms with Gasteiger partial charge in [0, 0.05) is 16.6 Å². The Morgan fingerprint density at radius 1 is 1.40 bits per heavy atom. The van der Waals surface area contributed by atoms with E-state index in [-0.39, 0.29) is 5.75 Å². The second kappa shape index (κ2) is 7.13. The van der Waals surface area contributed by atoms with Gasteiger partial charge >= 0.3 is 6.09 Å². The topological polar surface area (TPSA) is 58.6 Å². The number of amides is 1. The molecule has 110 valence electrons. The number of hydrogen-bond acceptors (Lipinski definition) is 3. The number of carbonyl (C=O) groups excluding carboxylic acids is 1. The Bertz CT molecular complexity index is 522. The van der Waals surface area contributed by atoms with Gasteiger partial charge in [-0.2, -0.15) is 0 Å². The van der Waals surface area contributed by atoms with E-state index in [1.54, 1.807) is 45.1 Å². The van der Waals surface area contributed by atoms with E-state index in [1.165, 1.54) is 0 Å². The van der Waals surface area contributed by atoms with Gasteiger partial charge < -0.3 is 15.2 Å². The summed E-state index contributed by atoms with van der Waals surface area (Å²) in [4.78, 5) is 11.4. The smallest absolute Gasteiger partial charge is 0.407 e. The van der Waals surface area contributed by atoms with E-state index in [4.69, 9.17) is 4.74 Å². The predicted octanol–water partition coefficient (Wildman–Crippen LogP) is 4.46. The zero-order valence-electron chi connectivity index (χ0n) is 11.5. The van der Waals surface area contributed by atoms with Crippen LogP contribution in [0.3, 0.4) is 0 Å². The first-order valence-electron chi connectivity index (χ1n) is 6.00. The Hall–Kier alpha value is -1.01. The zero-order valence-corrected chi connectivity index (χ0v) is 14.7. The first kappa shape index (κ1) is 17.0. The van der Waals surface area contributed by atoms with Crippen molar-refractivity contribution in [2.45, 2.75) is 26.4 Å². The van der Waals surface area contributed by atoms with Gasteiger partial charge in [0.15, 0.2) is 0 Å². The van der Waals surface area contributed by atoms with Crippen molar-refractivity contribution in [1.82, 2.24) is 5.32 Å². The fourth-order valence-corrected chi connectivity index (χ4v) is 2.61. The third-order valence-corrected chi connectivity index (χ3v) is 3.18. The largest absolute Gasteiger partial charge is 0.506 e. The Labute approximate surface area is 135 Å². The highest BCUT2D eigenvalue weighted by Gasteiger charge is 2.15. The number of phenolic OH excluding ortho intramolecular Hbond substituents is 1. The molecule has 6 heteroatoms. The van der Waals surface area contributed by atoms with Crippen molar-refractivity contribution in [3.8, 4) is 5.75 Å². The summed E-state index contributed by atoms with van der Waals surface area (Å²) in [5, 5.41) is 12.5. The molecule has 2 N–H and O–H groups in total. The summed E-state index contributed by atoms with van der Waals surface area (Å²) < 4.78 is 6.56. The van der Waals surface area contributed by atoms with Crippen LogP contribution in [-0.2, 0) is 4.74 Å². The number of halogens is 2. The first-order chi connectivity index (χ1) is 9.19. The molecule has 0 atom stereocenters. The van der Waals surface area contributed by atoms with Crippen molar-refractivity contribution in [3.05, 3.63) is 32.7 Å². The molecule has 0 unspecified atom stereocenters. The van der Waals surface area contributed by atoms with Crippen molar-refractivity contribution in [2.75, 3.05) is 6.54 Å². The molecule has 0 bridgehead atoms. The summed E-state index contributed by atoms with van der Waals surface area (Å²) in [7, 11) is 0. The Kier molecular flexibility index (Phi) is 6.07. The fraction of sp³-hybridized carbons (Fsp3) is 0.357. The highest BCUT2D eigenvalue weighted by molar-refractivity contribution is 9.11. The number of nitrogens with one attached hydrogen (secondary N) is 1. The van der Waals surface area contributed by atoms with Gasteiger partial charge in [-0.3, -0.25) is 0 Å². The van der Waals surface area contributed by atoms with Gasteiger partial charge in [0.1, 0.15) is 11.4 Å². The number of hydrogen-bond donors (Lipinski definition) is 2. The molecule has 1 amide bonds. The Morgan fingerprint density at radius 3 is 2.65 bits per heavy atom. The van der Waals surface area contributed by atoms with Gasteiger partial charge in [-0.15, -0.1) is 0 Å². The van der Waals surface area contributed by atoms with Crippen LogP contribution in [-0.4, -0.2) is 23.3 Å². The number of benzene rings is 1. The number of carbonyl (C=O) groups is 1. The van der Waals surface area contributed by atoms with Gasteiger partial charge in [0.2, 0.25) is 0 Å². The molecule has 0 heterocycles. The van der Waals surface area contributed by atoms with Crippen LogP contribution in [0, 0.1) is 0 Å². The van der Waals surface area contributed by atoms with Crippen LogP contribution in [0.15, 0.2) is 27.2 Å². The molecule has 0 saturated carbocycles. The van der Waals surface area contributed by atoms with Gasteiger partial charge in [0.05, 0.1) is 4.47 Å². The van der Waals surface area contributed by atoms with E-state index in [0.717, 1.165) is 4.47 Å². The van der Waals surface area contributed by atoms with Gasteiger partial charge in [-0.05, 0) is 48.8 Å². The second-order valence-corrected chi connectivity index (χ2v) is 6.88. The van der Waals surface area contributed by atoms with Gasteiger partial charge in [-0.1, -0.05) is 28.1 Å². The summed E-state index contributed by atoms with van der Waals surface area (Å²) in [6.07, 6.45) is 2.99. The van der Waals surface area contributed by atoms with Crippen molar-refractivity contribution in [3.63, 3.8) is 0 Å². The number of aromatic hydroxyl groups is 1. The summed E-state index contributed by atoms with van der Waals surface area (Å²) in [6.45, 7) is 5.73. The van der Waals surface area contributed by atoms with Crippen LogP contribution in [0.4, 0.5) is 4.79 Å². The molecule has 0 spiro atoms. The lowest BCUT2D eigenvalue weighted by atomic mass is 10.2. The lowest BCUT2D eigenvalue weighted by molar-refractivity contribution is 0.0534. The maximum Gasteiger partial charge on any atom is 0.407 e. The molecule has 0 aromatic heterocycles. The monoisotopic (exact) mass is 405 g/mol. The van der Waals surface area contributed by atoms with Crippen LogP contribution < -0.4 is 5.32 Å². The SMILES string of the molecule is CC(C)(C)OC(=O)NCC=Cc1cc(Br)cc(Br)c1O. The minimum atomic E-state index is -0.513. The standard InChI is InChI=1S/C14H17Br2NO3/c1-14(2,3)20-13(19)17-6-4-5-9-7-10(15)8-11(16)12(9)18/h4-5,7-8,18H,6H2,1-3H3,(H,17,19). The molecule has 1 rings (SSSR count). The molecule has 0 aliphatic rings. The van der Waals surface area contributed by atoms with E-state index < -0.39 is 11.7 Å². The maximum absolute atomic E-state index is 11.4. The van der Waals surface area contributed by atoms with Crippen LogP contribution in [0.1, 0.15) is 26.3 Å². The molecular weight excluding hydrogens is 390 g/mol. The number of phenols is 1. The van der Waals surface area contributed by atoms with E-state index in [1.807, 2.05) is 0 Å². The van der Waals surface area contributed by atoms with Gasteiger partial charge in [-0.25, -0.2) is 4.79 Å². The zero-order chi connectivity index (χ0) is 15.3. The molecule has 0 saturated heterocycles. The number of alkyl carbamates (subject to hydrolysis) is 1. The quantitative estimate of drug-likeness (QED) is 0.779. The minimum Gasteiger partial charge on any atom is -0.506 e. The highest BCUT2D eigenvalue weighted by Crippen LogP contribution is 2.32. The second-order valence-electron chi connectivity index (χ2n) is 5.11. The Balaban J connectivity index is 2.56. The predicted molar refractivity (Wildman–Crippen MR) is 86.8 cm³/mol. The summed E-state index contributed by atoms with van der Waals surface area (Å²) >= 11 is 6.61. The molecule has 0 aliphatic carbocycles. The number of ether oxygens (including phenoxy) is 1. The minimum absolute atomic E-state index is 0.154. The van der Waals surface area contributed by atoms with E-state index >= 15 is 0 Å². The molecule has 20 heavy (non-hydrogen) atoms. The third kappa shape index (κ3) is 5.96. The molecule has 0 aliphatic heterocycles. The van der Waals surface area contributed by atoms with Crippen molar-refractivity contribution >= 4 is 44.0 Å². The van der Waals surface area contributed by atoms with Crippen molar-refractivity contribution < 1.29 is 14.6 Å². The maximum atomic E-state index is 11.4. The summed E-state index contributed by atoms with van der Waals surface area (Å²) in [6, 6.07) is 3.54.